The molecule has 0 aliphatic heterocycles. The fourth-order valence-electron chi connectivity index (χ4n) is 1.87. The summed E-state index contributed by atoms with van der Waals surface area (Å²) in [6.07, 6.45) is 0. The quantitative estimate of drug-likeness (QED) is 0.536. The van der Waals surface area contributed by atoms with Gasteiger partial charge in [-0.1, -0.05) is 63.5 Å². The van der Waals surface area contributed by atoms with E-state index in [1.165, 1.54) is 11.1 Å². The van der Waals surface area contributed by atoms with Crippen LogP contribution in [0.3, 0.4) is 0 Å². The number of ketones is 1. The molecule has 1 unspecified atom stereocenters. The summed E-state index contributed by atoms with van der Waals surface area (Å²) in [7, 11) is 0. The van der Waals surface area contributed by atoms with Crippen molar-refractivity contribution in [1.82, 2.24) is 0 Å². The van der Waals surface area contributed by atoms with Crippen LogP contribution in [0.2, 0.25) is 0 Å². The van der Waals surface area contributed by atoms with Gasteiger partial charge in [0.2, 0.25) is 0 Å². The lowest BCUT2D eigenvalue weighted by Gasteiger charge is -2.26. The number of carbonyl (C=O) groups excluding carboxylic acids is 1. The Morgan fingerprint density at radius 2 is 1.32 bits per heavy atom. The van der Waals surface area contributed by atoms with Gasteiger partial charge in [0.05, 0.1) is 4.83 Å². The molecular formula is C17H25BrO. The second kappa shape index (κ2) is 5.40. The molecule has 0 saturated heterocycles. The van der Waals surface area contributed by atoms with E-state index >= 15 is 0 Å². The molecule has 0 spiro atoms. The van der Waals surface area contributed by atoms with Crippen LogP contribution in [0.25, 0.3) is 0 Å². The van der Waals surface area contributed by atoms with Crippen LogP contribution in [-0.2, 0) is 10.8 Å². The van der Waals surface area contributed by atoms with Crippen molar-refractivity contribution in [3.63, 3.8) is 0 Å². The predicted octanol–water partition coefficient (Wildman–Crippen LogP) is 5.25. The maximum Gasteiger partial charge on any atom is 0.176 e. The van der Waals surface area contributed by atoms with E-state index < -0.39 is 0 Å². The minimum atomic E-state index is -0.143. The van der Waals surface area contributed by atoms with E-state index in [1.807, 2.05) is 19.1 Å². The number of Topliss-reactive ketones (excluding diaryl/α,β-unsaturated/α-hetero) is 1. The normalized spacial score (nSPS) is 14.3. The van der Waals surface area contributed by atoms with E-state index in [9.17, 15) is 4.79 Å². The molecule has 1 aromatic rings. The molecule has 0 aromatic heterocycles. The van der Waals surface area contributed by atoms with Gasteiger partial charge in [-0.3, -0.25) is 4.79 Å². The number of alkyl halides is 1. The highest BCUT2D eigenvalue weighted by Gasteiger charge is 2.23. The highest BCUT2D eigenvalue weighted by molar-refractivity contribution is 9.10. The summed E-state index contributed by atoms with van der Waals surface area (Å²) in [5.74, 6) is 0.150. The van der Waals surface area contributed by atoms with E-state index in [-0.39, 0.29) is 21.4 Å². The predicted molar refractivity (Wildman–Crippen MR) is 86.6 cm³/mol. The van der Waals surface area contributed by atoms with Gasteiger partial charge in [0.1, 0.15) is 0 Å². The summed E-state index contributed by atoms with van der Waals surface area (Å²) >= 11 is 3.38. The van der Waals surface area contributed by atoms with Gasteiger partial charge in [-0.2, -0.15) is 0 Å². The van der Waals surface area contributed by atoms with Crippen molar-refractivity contribution in [2.24, 2.45) is 0 Å². The Balaban J connectivity index is 3.46. The Kier molecular flexibility index (Phi) is 4.66. The number of hydrogen-bond acceptors (Lipinski definition) is 1. The first-order chi connectivity index (χ1) is 8.43. The van der Waals surface area contributed by atoms with Gasteiger partial charge in [0.15, 0.2) is 5.78 Å². The van der Waals surface area contributed by atoms with E-state index in [1.54, 1.807) is 0 Å². The Morgan fingerprint density at radius 3 is 1.58 bits per heavy atom. The summed E-state index contributed by atoms with van der Waals surface area (Å²) in [5.41, 5.74) is 3.34. The summed E-state index contributed by atoms with van der Waals surface area (Å²) in [4.78, 5) is 12.1. The van der Waals surface area contributed by atoms with Crippen LogP contribution in [0.1, 0.15) is 70.0 Å². The fraction of sp³-hybridized carbons (Fsp3) is 0.588. The zero-order valence-electron chi connectivity index (χ0n) is 13.1. The zero-order valence-corrected chi connectivity index (χ0v) is 14.7. The molecule has 0 fully saturated rings. The molecule has 19 heavy (non-hydrogen) atoms. The maximum absolute atomic E-state index is 12.3. The average molecular weight is 325 g/mol. The first-order valence-electron chi connectivity index (χ1n) is 6.77. The van der Waals surface area contributed by atoms with Crippen molar-refractivity contribution in [3.05, 3.63) is 34.9 Å². The van der Waals surface area contributed by atoms with Crippen LogP contribution in [0.4, 0.5) is 0 Å². The van der Waals surface area contributed by atoms with Crippen LogP contribution in [-0.4, -0.2) is 10.6 Å². The smallest absolute Gasteiger partial charge is 0.176 e. The molecule has 0 aliphatic rings. The van der Waals surface area contributed by atoms with Gasteiger partial charge in [0.25, 0.3) is 0 Å². The summed E-state index contributed by atoms with van der Waals surface area (Å²) in [6, 6.07) is 6.31. The van der Waals surface area contributed by atoms with Crippen LogP contribution >= 0.6 is 15.9 Å². The van der Waals surface area contributed by atoms with Crippen molar-refractivity contribution < 1.29 is 4.79 Å². The molecular weight excluding hydrogens is 300 g/mol. The second-order valence-corrected chi connectivity index (χ2v) is 8.65. The van der Waals surface area contributed by atoms with Crippen molar-refractivity contribution in [2.45, 2.75) is 64.1 Å². The first-order valence-corrected chi connectivity index (χ1v) is 7.69. The largest absolute Gasteiger partial charge is 0.293 e. The monoisotopic (exact) mass is 324 g/mol. The molecule has 0 heterocycles. The minimum absolute atomic E-state index is 0.0475. The molecule has 0 radical (unpaired) electrons. The topological polar surface area (TPSA) is 17.1 Å². The molecule has 0 amide bonds. The van der Waals surface area contributed by atoms with Gasteiger partial charge in [-0.15, -0.1) is 0 Å². The Hall–Kier alpha value is -0.630. The molecule has 1 nitrogen and oxygen atoms in total. The number of carbonyl (C=O) groups is 1. The Labute approximate surface area is 125 Å². The molecule has 0 aliphatic carbocycles. The Bertz CT molecular complexity index is 441. The third kappa shape index (κ3) is 4.17. The summed E-state index contributed by atoms with van der Waals surface area (Å²) in [6.45, 7) is 15.0. The number of hydrogen-bond donors (Lipinski definition) is 0. The fourth-order valence-corrected chi connectivity index (χ4v) is 2.13. The third-order valence-electron chi connectivity index (χ3n) is 3.31. The lowest BCUT2D eigenvalue weighted by Crippen LogP contribution is -2.19. The van der Waals surface area contributed by atoms with Crippen molar-refractivity contribution in [2.75, 3.05) is 0 Å². The van der Waals surface area contributed by atoms with Gasteiger partial charge >= 0.3 is 0 Å². The average Bonchev–Trinajstić information content (AvgIpc) is 2.24. The number of benzene rings is 1. The molecule has 2 heteroatoms. The van der Waals surface area contributed by atoms with Crippen LogP contribution < -0.4 is 0 Å². The van der Waals surface area contributed by atoms with Crippen molar-refractivity contribution >= 4 is 21.7 Å². The second-order valence-electron chi connectivity index (χ2n) is 7.28. The molecule has 1 atom stereocenters. The molecule has 0 N–H and O–H groups in total. The number of halogens is 1. The first kappa shape index (κ1) is 16.4. The van der Waals surface area contributed by atoms with Crippen molar-refractivity contribution in [1.29, 1.82) is 0 Å². The highest BCUT2D eigenvalue weighted by atomic mass is 79.9. The summed E-state index contributed by atoms with van der Waals surface area (Å²) < 4.78 is 0. The van der Waals surface area contributed by atoms with E-state index in [4.69, 9.17) is 0 Å². The van der Waals surface area contributed by atoms with Crippen molar-refractivity contribution in [3.8, 4) is 0 Å². The highest BCUT2D eigenvalue weighted by Crippen LogP contribution is 2.31. The molecule has 0 saturated carbocycles. The van der Waals surface area contributed by atoms with E-state index in [2.05, 4.69) is 63.5 Å². The van der Waals surface area contributed by atoms with Crippen LogP contribution in [0.15, 0.2) is 18.2 Å². The van der Waals surface area contributed by atoms with Gasteiger partial charge < -0.3 is 0 Å². The molecule has 1 aromatic carbocycles. The standard InChI is InChI=1S/C17H25BrO/c1-11(18)15(19)12-8-13(16(2,3)4)10-14(9-12)17(5,6)7/h8-11H,1-7H3. The number of rotatable bonds is 2. The lowest BCUT2D eigenvalue weighted by molar-refractivity contribution is 0.0995. The Morgan fingerprint density at radius 1 is 0.947 bits per heavy atom. The minimum Gasteiger partial charge on any atom is -0.293 e. The van der Waals surface area contributed by atoms with E-state index in [0.717, 1.165) is 5.56 Å². The van der Waals surface area contributed by atoms with Crippen LogP contribution in [0, 0.1) is 0 Å². The molecule has 106 valence electrons. The SMILES string of the molecule is CC(Br)C(=O)c1cc(C(C)(C)C)cc(C(C)(C)C)c1. The zero-order chi connectivity index (χ0) is 15.0. The lowest BCUT2D eigenvalue weighted by atomic mass is 9.79. The van der Waals surface area contributed by atoms with E-state index in [0.29, 0.717) is 0 Å². The maximum atomic E-state index is 12.3. The third-order valence-corrected chi connectivity index (χ3v) is 3.73. The molecule has 1 rings (SSSR count). The summed E-state index contributed by atoms with van der Waals surface area (Å²) in [5, 5.41) is 0. The van der Waals surface area contributed by atoms with Gasteiger partial charge in [0, 0.05) is 5.56 Å². The van der Waals surface area contributed by atoms with Crippen LogP contribution in [0.5, 0.6) is 0 Å². The van der Waals surface area contributed by atoms with Gasteiger partial charge in [-0.05, 0) is 41.0 Å². The molecule has 0 bridgehead atoms. The van der Waals surface area contributed by atoms with Gasteiger partial charge in [-0.25, -0.2) is 0 Å².